The lowest BCUT2D eigenvalue weighted by Gasteiger charge is -2.34. The topological polar surface area (TPSA) is 54.5 Å². The number of benzene rings is 1. The first-order valence-electron chi connectivity index (χ1n) is 10.4. The molecule has 3 aromatic rings. The van der Waals surface area contributed by atoms with Gasteiger partial charge in [-0.1, -0.05) is 13.8 Å². The number of aromatic nitrogens is 1. The maximum atomic E-state index is 12.6. The number of likely N-dealkylation sites (tertiary alicyclic amines) is 1. The number of pyridine rings is 1. The summed E-state index contributed by atoms with van der Waals surface area (Å²) >= 11 is 1.45. The van der Waals surface area contributed by atoms with Gasteiger partial charge in [0.05, 0.1) is 17.5 Å². The van der Waals surface area contributed by atoms with Gasteiger partial charge >= 0.3 is 0 Å². The Bertz CT molecular complexity index is 1010. The average molecular weight is 412 g/mol. The van der Waals surface area contributed by atoms with Crippen molar-refractivity contribution < 1.29 is 9.53 Å². The lowest BCUT2D eigenvalue weighted by atomic mass is 9.92. The minimum atomic E-state index is -0.00461. The Balaban J connectivity index is 1.36. The largest absolute Gasteiger partial charge is 0.497 e. The fraction of sp³-hybridized carbons (Fsp3) is 0.478. The van der Waals surface area contributed by atoms with E-state index in [0.717, 1.165) is 56.5 Å². The molecule has 1 N–H and O–H groups in total. The van der Waals surface area contributed by atoms with Gasteiger partial charge in [-0.05, 0) is 55.5 Å². The quantitative estimate of drug-likeness (QED) is 0.605. The normalized spacial score (nSPS) is 20.2. The number of carbonyl (C=O) groups excluding carboxylic acids is 1. The monoisotopic (exact) mass is 411 g/mol. The van der Waals surface area contributed by atoms with Gasteiger partial charge in [-0.25, -0.2) is 4.98 Å². The van der Waals surface area contributed by atoms with E-state index in [2.05, 4.69) is 30.1 Å². The lowest BCUT2D eigenvalue weighted by molar-refractivity contribution is 0.0951. The minimum Gasteiger partial charge on any atom is -0.497 e. The van der Waals surface area contributed by atoms with Gasteiger partial charge in [0.15, 0.2) is 0 Å². The Morgan fingerprint density at radius 3 is 2.76 bits per heavy atom. The van der Waals surface area contributed by atoms with Crippen LogP contribution in [0.4, 0.5) is 0 Å². The van der Waals surface area contributed by atoms with Crippen molar-refractivity contribution in [2.75, 3.05) is 33.3 Å². The van der Waals surface area contributed by atoms with Crippen LogP contribution in [-0.2, 0) is 0 Å². The molecular formula is C23H29N3O2S. The molecule has 2 atom stereocenters. The molecule has 3 heterocycles. The molecule has 154 valence electrons. The highest BCUT2D eigenvalue weighted by Gasteiger charge is 2.21. The number of hydrogen-bond donors (Lipinski definition) is 1. The van der Waals surface area contributed by atoms with Crippen LogP contribution in [0, 0.1) is 11.8 Å². The fourth-order valence-electron chi connectivity index (χ4n) is 4.41. The SMILES string of the molecule is COc1ccc2cc3cc(C(=O)NCCCN4C[C@H](C)C[C@@H](C)C4)sc3nc2c1. The van der Waals surface area contributed by atoms with Gasteiger partial charge in [-0.2, -0.15) is 0 Å². The number of amides is 1. The number of nitrogens with one attached hydrogen (secondary N) is 1. The van der Waals surface area contributed by atoms with Crippen LogP contribution in [-0.4, -0.2) is 49.1 Å². The van der Waals surface area contributed by atoms with Gasteiger partial charge < -0.3 is 15.0 Å². The van der Waals surface area contributed by atoms with Crippen LogP contribution in [0.5, 0.6) is 5.75 Å². The van der Waals surface area contributed by atoms with E-state index in [1.54, 1.807) is 7.11 Å². The molecule has 6 heteroatoms. The van der Waals surface area contributed by atoms with Crippen LogP contribution in [0.25, 0.3) is 21.1 Å². The third-order valence-corrected chi connectivity index (χ3v) is 6.66. The van der Waals surface area contributed by atoms with Gasteiger partial charge in [-0.15, -0.1) is 11.3 Å². The molecule has 0 saturated carbocycles. The van der Waals surface area contributed by atoms with Gasteiger partial charge in [0.25, 0.3) is 5.91 Å². The number of thiophene rings is 1. The number of rotatable bonds is 6. The Hall–Kier alpha value is -2.18. The van der Waals surface area contributed by atoms with E-state index in [9.17, 15) is 4.79 Å². The number of ether oxygens (including phenoxy) is 1. The van der Waals surface area contributed by atoms with E-state index in [1.807, 2.05) is 24.3 Å². The molecule has 0 radical (unpaired) electrons. The summed E-state index contributed by atoms with van der Waals surface area (Å²) in [5, 5.41) is 5.14. The van der Waals surface area contributed by atoms with E-state index < -0.39 is 0 Å². The predicted molar refractivity (Wildman–Crippen MR) is 120 cm³/mol. The van der Waals surface area contributed by atoms with Crippen molar-refractivity contribution in [3.63, 3.8) is 0 Å². The average Bonchev–Trinajstić information content (AvgIpc) is 3.11. The van der Waals surface area contributed by atoms with Crippen molar-refractivity contribution in [1.29, 1.82) is 0 Å². The molecule has 29 heavy (non-hydrogen) atoms. The highest BCUT2D eigenvalue weighted by atomic mass is 32.1. The first-order valence-corrected chi connectivity index (χ1v) is 11.2. The summed E-state index contributed by atoms with van der Waals surface area (Å²) in [6.07, 6.45) is 2.31. The summed E-state index contributed by atoms with van der Waals surface area (Å²) in [5.41, 5.74) is 0.885. The Labute approximate surface area is 176 Å². The van der Waals surface area contributed by atoms with Crippen molar-refractivity contribution in [2.24, 2.45) is 11.8 Å². The molecular weight excluding hydrogens is 382 g/mol. The van der Waals surface area contributed by atoms with Crippen LogP contribution < -0.4 is 10.1 Å². The summed E-state index contributed by atoms with van der Waals surface area (Å²) in [6.45, 7) is 8.78. The summed E-state index contributed by atoms with van der Waals surface area (Å²) in [5.74, 6) is 2.33. The maximum Gasteiger partial charge on any atom is 0.261 e. The summed E-state index contributed by atoms with van der Waals surface area (Å²) in [7, 11) is 1.65. The highest BCUT2D eigenvalue weighted by molar-refractivity contribution is 7.20. The van der Waals surface area contributed by atoms with E-state index in [1.165, 1.54) is 30.8 Å². The maximum absolute atomic E-state index is 12.6. The molecule has 1 aliphatic heterocycles. The van der Waals surface area contributed by atoms with E-state index in [0.29, 0.717) is 6.54 Å². The standard InChI is InChI=1S/C23H29N3O2S/c1-15-9-16(2)14-26(13-15)8-4-7-24-22(27)21-11-18-10-17-5-6-19(28-3)12-20(17)25-23(18)29-21/h5-6,10-12,15-16H,4,7-9,13-14H2,1-3H3,(H,24,27)/t15-,16-/m1/s1. The Kier molecular flexibility index (Phi) is 6.01. The Morgan fingerprint density at radius 1 is 1.21 bits per heavy atom. The molecule has 1 aromatic carbocycles. The Morgan fingerprint density at radius 2 is 2.00 bits per heavy atom. The molecule has 1 saturated heterocycles. The van der Waals surface area contributed by atoms with Crippen LogP contribution >= 0.6 is 11.3 Å². The second kappa shape index (κ2) is 8.67. The third-order valence-electron chi connectivity index (χ3n) is 5.62. The lowest BCUT2D eigenvalue weighted by Crippen LogP contribution is -2.40. The summed E-state index contributed by atoms with van der Waals surface area (Å²) in [4.78, 5) is 21.4. The molecule has 2 aromatic heterocycles. The van der Waals surface area contributed by atoms with Gasteiger partial charge in [0, 0.05) is 36.5 Å². The van der Waals surface area contributed by atoms with E-state index in [4.69, 9.17) is 9.72 Å². The van der Waals surface area contributed by atoms with Crippen LogP contribution in [0.3, 0.4) is 0 Å². The summed E-state index contributed by atoms with van der Waals surface area (Å²) < 4.78 is 5.28. The second-order valence-corrected chi connectivity index (χ2v) is 9.40. The highest BCUT2D eigenvalue weighted by Crippen LogP contribution is 2.29. The number of fused-ring (bicyclic) bond motifs is 2. The van der Waals surface area contributed by atoms with Crippen LogP contribution in [0.15, 0.2) is 30.3 Å². The van der Waals surface area contributed by atoms with Crippen molar-refractivity contribution in [3.8, 4) is 5.75 Å². The number of nitrogens with zero attached hydrogens (tertiary/aromatic N) is 2. The third kappa shape index (κ3) is 4.70. The first-order chi connectivity index (χ1) is 14.0. The van der Waals surface area contributed by atoms with Gasteiger partial charge in [-0.3, -0.25) is 4.79 Å². The van der Waals surface area contributed by atoms with Crippen LogP contribution in [0.2, 0.25) is 0 Å². The van der Waals surface area contributed by atoms with Gasteiger partial charge in [0.1, 0.15) is 10.6 Å². The van der Waals surface area contributed by atoms with E-state index >= 15 is 0 Å². The minimum absolute atomic E-state index is 0.00461. The first kappa shape index (κ1) is 20.1. The van der Waals surface area contributed by atoms with E-state index in [-0.39, 0.29) is 5.91 Å². The summed E-state index contributed by atoms with van der Waals surface area (Å²) in [6, 6.07) is 9.89. The molecule has 4 rings (SSSR count). The van der Waals surface area contributed by atoms with Crippen LogP contribution in [0.1, 0.15) is 36.4 Å². The number of hydrogen-bond acceptors (Lipinski definition) is 5. The van der Waals surface area contributed by atoms with Gasteiger partial charge in [0.2, 0.25) is 0 Å². The van der Waals surface area contributed by atoms with Crippen molar-refractivity contribution in [1.82, 2.24) is 15.2 Å². The number of methoxy groups -OCH3 is 1. The molecule has 0 unspecified atom stereocenters. The zero-order chi connectivity index (χ0) is 20.4. The molecule has 1 amide bonds. The predicted octanol–water partition coefficient (Wildman–Crippen LogP) is 4.56. The molecule has 5 nitrogen and oxygen atoms in total. The zero-order valence-electron chi connectivity index (χ0n) is 17.4. The molecule has 0 aliphatic carbocycles. The van der Waals surface area contributed by atoms with Crippen molar-refractivity contribution in [3.05, 3.63) is 35.2 Å². The molecule has 1 aliphatic rings. The molecule has 1 fully saturated rings. The number of piperidine rings is 1. The zero-order valence-corrected chi connectivity index (χ0v) is 18.2. The number of carbonyl (C=O) groups is 1. The molecule has 0 bridgehead atoms. The smallest absolute Gasteiger partial charge is 0.261 e. The van der Waals surface area contributed by atoms with Crippen molar-refractivity contribution >= 4 is 38.4 Å². The van der Waals surface area contributed by atoms with Crippen molar-refractivity contribution in [2.45, 2.75) is 26.7 Å². The fourth-order valence-corrected chi connectivity index (χ4v) is 5.35. The second-order valence-electron chi connectivity index (χ2n) is 8.37. The molecule has 0 spiro atoms.